The maximum absolute atomic E-state index is 5.88. The van der Waals surface area contributed by atoms with Gasteiger partial charge in [0, 0.05) is 35.6 Å². The molecule has 0 bridgehead atoms. The van der Waals surface area contributed by atoms with Crippen molar-refractivity contribution in [3.63, 3.8) is 0 Å². The fourth-order valence-electron chi connectivity index (χ4n) is 2.78. The molecule has 0 amide bonds. The van der Waals surface area contributed by atoms with E-state index in [1.165, 1.54) is 0 Å². The highest BCUT2D eigenvalue weighted by molar-refractivity contribution is 7.98. The van der Waals surface area contributed by atoms with Crippen LogP contribution in [0.4, 0.5) is 0 Å². The molecule has 3 aromatic heterocycles. The molecule has 0 N–H and O–H groups in total. The van der Waals surface area contributed by atoms with E-state index in [2.05, 4.69) is 20.2 Å². The molecule has 0 atom stereocenters. The lowest BCUT2D eigenvalue weighted by atomic mass is 10.2. The zero-order chi connectivity index (χ0) is 20.1. The van der Waals surface area contributed by atoms with E-state index in [0.29, 0.717) is 17.5 Å². The molecule has 0 aliphatic heterocycles. The van der Waals surface area contributed by atoms with Crippen molar-refractivity contribution in [2.24, 2.45) is 0 Å². The number of hydrogen-bond acceptors (Lipinski definition) is 6. The van der Waals surface area contributed by atoms with E-state index in [9.17, 15) is 0 Å². The van der Waals surface area contributed by atoms with Gasteiger partial charge in [0.05, 0.1) is 6.61 Å². The lowest BCUT2D eigenvalue weighted by Crippen LogP contribution is -2.00. The Balaban J connectivity index is 1.69. The van der Waals surface area contributed by atoms with Crippen LogP contribution in [0.3, 0.4) is 0 Å². The molecular weight excluding hydrogens is 406 g/mol. The molecular formula is C21H18ClN5OS. The molecule has 0 aliphatic rings. The SMILES string of the molecule is CCOc1ccc(-n2c(SCc3ccc(Cl)nc3)nnc2-c2cccnc2)cc1. The predicted octanol–water partition coefficient (Wildman–Crippen LogP) is 5.07. The van der Waals surface area contributed by atoms with Gasteiger partial charge in [0.2, 0.25) is 0 Å². The van der Waals surface area contributed by atoms with E-state index in [4.69, 9.17) is 16.3 Å². The summed E-state index contributed by atoms with van der Waals surface area (Å²) in [4.78, 5) is 8.36. The number of rotatable bonds is 7. The first-order valence-electron chi connectivity index (χ1n) is 9.07. The van der Waals surface area contributed by atoms with E-state index >= 15 is 0 Å². The zero-order valence-electron chi connectivity index (χ0n) is 15.7. The highest BCUT2D eigenvalue weighted by atomic mass is 35.5. The Kier molecular flexibility index (Phi) is 6.07. The molecule has 3 heterocycles. The number of hydrogen-bond donors (Lipinski definition) is 0. The summed E-state index contributed by atoms with van der Waals surface area (Å²) in [5.41, 5.74) is 2.91. The first-order valence-corrected chi connectivity index (χ1v) is 10.4. The summed E-state index contributed by atoms with van der Waals surface area (Å²) >= 11 is 7.47. The Morgan fingerprint density at radius 3 is 2.59 bits per heavy atom. The van der Waals surface area contributed by atoms with Crippen LogP contribution in [0.25, 0.3) is 17.1 Å². The Morgan fingerprint density at radius 2 is 1.90 bits per heavy atom. The van der Waals surface area contributed by atoms with Crippen molar-refractivity contribution in [3.05, 3.63) is 77.8 Å². The minimum atomic E-state index is 0.482. The van der Waals surface area contributed by atoms with Crippen molar-refractivity contribution < 1.29 is 4.74 Å². The van der Waals surface area contributed by atoms with Gasteiger partial charge in [-0.2, -0.15) is 0 Å². The number of halogens is 1. The van der Waals surface area contributed by atoms with Crippen molar-refractivity contribution in [3.8, 4) is 22.8 Å². The van der Waals surface area contributed by atoms with Crippen molar-refractivity contribution in [2.45, 2.75) is 17.8 Å². The predicted molar refractivity (Wildman–Crippen MR) is 115 cm³/mol. The summed E-state index contributed by atoms with van der Waals surface area (Å²) in [6.07, 6.45) is 5.30. The number of ether oxygens (including phenoxy) is 1. The fourth-order valence-corrected chi connectivity index (χ4v) is 3.77. The van der Waals surface area contributed by atoms with Crippen LogP contribution in [0.2, 0.25) is 5.15 Å². The quantitative estimate of drug-likeness (QED) is 0.305. The third kappa shape index (κ3) is 4.58. The lowest BCUT2D eigenvalue weighted by Gasteiger charge is -2.11. The van der Waals surface area contributed by atoms with Gasteiger partial charge in [0.25, 0.3) is 0 Å². The van der Waals surface area contributed by atoms with Gasteiger partial charge in [-0.1, -0.05) is 29.4 Å². The van der Waals surface area contributed by atoms with Crippen LogP contribution >= 0.6 is 23.4 Å². The average Bonchev–Trinajstić information content (AvgIpc) is 3.19. The molecule has 146 valence electrons. The molecule has 0 aliphatic carbocycles. The monoisotopic (exact) mass is 423 g/mol. The topological polar surface area (TPSA) is 65.7 Å². The molecule has 0 fully saturated rings. The van der Waals surface area contributed by atoms with E-state index in [0.717, 1.165) is 33.5 Å². The summed E-state index contributed by atoms with van der Waals surface area (Å²) in [7, 11) is 0. The number of aromatic nitrogens is 5. The molecule has 0 radical (unpaired) electrons. The molecule has 29 heavy (non-hydrogen) atoms. The normalized spacial score (nSPS) is 10.8. The third-order valence-electron chi connectivity index (χ3n) is 4.12. The van der Waals surface area contributed by atoms with E-state index in [1.54, 1.807) is 36.4 Å². The average molecular weight is 424 g/mol. The summed E-state index contributed by atoms with van der Waals surface area (Å²) in [5.74, 6) is 2.26. The first kappa shape index (κ1) is 19.4. The second kappa shape index (κ2) is 9.07. The van der Waals surface area contributed by atoms with Crippen LogP contribution in [-0.4, -0.2) is 31.3 Å². The van der Waals surface area contributed by atoms with Gasteiger partial charge in [-0.05, 0) is 55.0 Å². The molecule has 4 aromatic rings. The maximum atomic E-state index is 5.88. The van der Waals surface area contributed by atoms with Crippen LogP contribution in [0, 0.1) is 0 Å². The van der Waals surface area contributed by atoms with E-state index < -0.39 is 0 Å². The molecule has 1 aromatic carbocycles. The molecule has 0 spiro atoms. The van der Waals surface area contributed by atoms with Crippen LogP contribution in [0.5, 0.6) is 5.75 Å². The summed E-state index contributed by atoms with van der Waals surface area (Å²) in [5, 5.41) is 10.1. The minimum Gasteiger partial charge on any atom is -0.494 e. The van der Waals surface area contributed by atoms with Crippen molar-refractivity contribution >= 4 is 23.4 Å². The highest BCUT2D eigenvalue weighted by Crippen LogP contribution is 2.30. The van der Waals surface area contributed by atoms with Gasteiger partial charge in [-0.15, -0.1) is 10.2 Å². The Labute approximate surface area is 178 Å². The van der Waals surface area contributed by atoms with Crippen LogP contribution in [0.1, 0.15) is 12.5 Å². The van der Waals surface area contributed by atoms with Gasteiger partial charge < -0.3 is 4.74 Å². The first-order chi connectivity index (χ1) is 14.2. The number of nitrogens with zero attached hydrogens (tertiary/aromatic N) is 5. The van der Waals surface area contributed by atoms with Gasteiger partial charge in [-0.25, -0.2) is 4.98 Å². The van der Waals surface area contributed by atoms with Crippen molar-refractivity contribution in [1.29, 1.82) is 0 Å². The molecule has 0 saturated heterocycles. The second-order valence-corrected chi connectivity index (χ2v) is 7.42. The Bertz CT molecular complexity index is 1070. The number of benzene rings is 1. The fraction of sp³-hybridized carbons (Fsp3) is 0.143. The molecule has 4 rings (SSSR count). The highest BCUT2D eigenvalue weighted by Gasteiger charge is 2.16. The standard InChI is InChI=1S/C21H18ClN5OS/c1-2-28-18-8-6-17(7-9-18)27-20(16-4-3-11-23-13-16)25-26-21(27)29-14-15-5-10-19(22)24-12-15/h3-13H,2,14H2,1H3. The Hall–Kier alpha value is -2.90. The van der Waals surface area contributed by atoms with Gasteiger partial charge in [0.1, 0.15) is 10.9 Å². The van der Waals surface area contributed by atoms with E-state index in [1.807, 2.05) is 54.0 Å². The third-order valence-corrected chi connectivity index (χ3v) is 5.34. The van der Waals surface area contributed by atoms with Crippen LogP contribution in [0.15, 0.2) is 72.3 Å². The van der Waals surface area contributed by atoms with E-state index in [-0.39, 0.29) is 0 Å². The zero-order valence-corrected chi connectivity index (χ0v) is 17.3. The maximum Gasteiger partial charge on any atom is 0.196 e. The van der Waals surface area contributed by atoms with Crippen molar-refractivity contribution in [1.82, 2.24) is 24.7 Å². The summed E-state index contributed by atoms with van der Waals surface area (Å²) in [6.45, 7) is 2.59. The number of pyridine rings is 2. The van der Waals surface area contributed by atoms with Crippen LogP contribution in [-0.2, 0) is 5.75 Å². The lowest BCUT2D eigenvalue weighted by molar-refractivity contribution is 0.340. The summed E-state index contributed by atoms with van der Waals surface area (Å²) < 4.78 is 7.59. The van der Waals surface area contributed by atoms with Gasteiger partial charge >= 0.3 is 0 Å². The molecule has 0 saturated carbocycles. The van der Waals surface area contributed by atoms with Crippen LogP contribution < -0.4 is 4.74 Å². The smallest absolute Gasteiger partial charge is 0.196 e. The Morgan fingerprint density at radius 1 is 1.03 bits per heavy atom. The van der Waals surface area contributed by atoms with Gasteiger partial charge in [-0.3, -0.25) is 9.55 Å². The number of thioether (sulfide) groups is 1. The molecule has 0 unspecified atom stereocenters. The molecule has 8 heteroatoms. The minimum absolute atomic E-state index is 0.482. The molecule has 6 nitrogen and oxygen atoms in total. The van der Waals surface area contributed by atoms with Gasteiger partial charge in [0.15, 0.2) is 11.0 Å². The largest absolute Gasteiger partial charge is 0.494 e. The van der Waals surface area contributed by atoms with Crippen molar-refractivity contribution in [2.75, 3.05) is 6.61 Å². The second-order valence-electron chi connectivity index (χ2n) is 6.09. The summed E-state index contributed by atoms with van der Waals surface area (Å²) in [6, 6.07) is 15.5.